The van der Waals surface area contributed by atoms with E-state index in [4.69, 9.17) is 4.74 Å². The summed E-state index contributed by atoms with van der Waals surface area (Å²) in [5, 5.41) is 8.78. The lowest BCUT2D eigenvalue weighted by Crippen LogP contribution is -2.27. The number of aryl methyl sites for hydroxylation is 1. The molecule has 0 fully saturated rings. The molecule has 0 spiro atoms. The van der Waals surface area contributed by atoms with Crippen molar-refractivity contribution < 1.29 is 9.53 Å². The van der Waals surface area contributed by atoms with Gasteiger partial charge in [0.15, 0.2) is 6.61 Å². The van der Waals surface area contributed by atoms with Crippen molar-refractivity contribution in [1.82, 2.24) is 10.2 Å². The van der Waals surface area contributed by atoms with Crippen molar-refractivity contribution in [1.29, 1.82) is 0 Å². The lowest BCUT2D eigenvalue weighted by Gasteiger charge is -2.18. The van der Waals surface area contributed by atoms with Gasteiger partial charge in [-0.25, -0.2) is 0 Å². The number of rotatable bonds is 12. The summed E-state index contributed by atoms with van der Waals surface area (Å²) in [5.41, 5.74) is 3.02. The Morgan fingerprint density at radius 3 is 2.47 bits per heavy atom. The van der Waals surface area contributed by atoms with Crippen molar-refractivity contribution in [2.75, 3.05) is 38.1 Å². The monoisotopic (exact) mass is 433 g/mol. The fourth-order valence-electron chi connectivity index (χ4n) is 3.79. The summed E-state index contributed by atoms with van der Waals surface area (Å²) in [6.45, 7) is 11.3. The molecule has 0 saturated heterocycles. The Kier molecular flexibility index (Phi) is 9.08. The molecule has 0 unspecified atom stereocenters. The summed E-state index contributed by atoms with van der Waals surface area (Å²) in [6.07, 6.45) is 1.10. The van der Waals surface area contributed by atoms with Crippen molar-refractivity contribution in [2.45, 2.75) is 33.7 Å². The molecule has 0 aromatic heterocycles. The van der Waals surface area contributed by atoms with Crippen molar-refractivity contribution in [2.24, 2.45) is 0 Å². The van der Waals surface area contributed by atoms with Gasteiger partial charge in [0.05, 0.1) is 0 Å². The van der Waals surface area contributed by atoms with Gasteiger partial charge in [0.25, 0.3) is 5.91 Å². The van der Waals surface area contributed by atoms with Crippen LogP contribution in [-0.2, 0) is 11.3 Å². The van der Waals surface area contributed by atoms with E-state index in [0.29, 0.717) is 6.54 Å². The highest BCUT2D eigenvalue weighted by Crippen LogP contribution is 2.28. The molecule has 0 heterocycles. The highest BCUT2D eigenvalue weighted by molar-refractivity contribution is 5.92. The zero-order valence-corrected chi connectivity index (χ0v) is 19.5. The molecule has 3 aromatic carbocycles. The molecule has 0 aliphatic rings. The number of carbonyl (C=O) groups is 1. The maximum absolute atomic E-state index is 12.4. The number of nitrogens with zero attached hydrogens (tertiary/aromatic N) is 1. The summed E-state index contributed by atoms with van der Waals surface area (Å²) in [4.78, 5) is 14.8. The molecular weight excluding hydrogens is 398 g/mol. The summed E-state index contributed by atoms with van der Waals surface area (Å²) in [7, 11) is 0. The van der Waals surface area contributed by atoms with Gasteiger partial charge in [-0.3, -0.25) is 4.79 Å². The van der Waals surface area contributed by atoms with Crippen LogP contribution in [0.25, 0.3) is 10.8 Å². The minimum Gasteiger partial charge on any atom is -0.483 e. The Bertz CT molecular complexity index is 997. The molecule has 32 heavy (non-hydrogen) atoms. The number of anilines is 1. The van der Waals surface area contributed by atoms with Gasteiger partial charge < -0.3 is 20.3 Å². The largest absolute Gasteiger partial charge is 0.483 e. The van der Waals surface area contributed by atoms with Crippen LogP contribution in [0.2, 0.25) is 0 Å². The van der Waals surface area contributed by atoms with Crippen LogP contribution in [0.4, 0.5) is 5.69 Å². The van der Waals surface area contributed by atoms with Crippen LogP contribution in [0.15, 0.2) is 60.7 Å². The number of carbonyl (C=O) groups excluding carboxylic acids is 1. The molecule has 0 aliphatic carbocycles. The zero-order chi connectivity index (χ0) is 22.8. The first-order valence-electron chi connectivity index (χ1n) is 11.5. The smallest absolute Gasteiger partial charge is 0.262 e. The molecule has 0 aliphatic heterocycles. The van der Waals surface area contributed by atoms with Crippen molar-refractivity contribution in [3.63, 3.8) is 0 Å². The molecule has 1 amide bonds. The summed E-state index contributed by atoms with van der Waals surface area (Å²) >= 11 is 0. The van der Waals surface area contributed by atoms with Crippen molar-refractivity contribution >= 4 is 22.4 Å². The number of benzene rings is 3. The van der Waals surface area contributed by atoms with Crippen molar-refractivity contribution in [3.05, 3.63) is 71.8 Å². The summed E-state index contributed by atoms with van der Waals surface area (Å²) in [6, 6.07) is 20.1. The Labute approximate surface area is 191 Å². The highest BCUT2D eigenvalue weighted by atomic mass is 16.5. The normalized spacial score (nSPS) is 11.1. The van der Waals surface area contributed by atoms with E-state index in [1.165, 1.54) is 5.39 Å². The van der Waals surface area contributed by atoms with E-state index in [9.17, 15) is 4.79 Å². The summed E-state index contributed by atoms with van der Waals surface area (Å²) < 4.78 is 5.97. The number of amides is 1. The SMILES string of the molecule is CCN(CC)CCCNCc1c(OCC(=O)Nc2ccc(C)cc2)ccc2ccccc12. The van der Waals surface area contributed by atoms with Crippen LogP contribution in [-0.4, -0.2) is 43.6 Å². The topological polar surface area (TPSA) is 53.6 Å². The number of fused-ring (bicyclic) bond motifs is 1. The molecular formula is C27H35N3O2. The van der Waals surface area contributed by atoms with Gasteiger partial charge in [-0.15, -0.1) is 0 Å². The van der Waals surface area contributed by atoms with Gasteiger partial charge in [0.1, 0.15) is 5.75 Å². The van der Waals surface area contributed by atoms with E-state index >= 15 is 0 Å². The van der Waals surface area contributed by atoms with Gasteiger partial charge in [0.2, 0.25) is 0 Å². The number of hydrogen-bond donors (Lipinski definition) is 2. The Morgan fingerprint density at radius 2 is 1.72 bits per heavy atom. The van der Waals surface area contributed by atoms with Gasteiger partial charge in [-0.1, -0.05) is 61.9 Å². The van der Waals surface area contributed by atoms with Crippen LogP contribution in [0.1, 0.15) is 31.4 Å². The maximum atomic E-state index is 12.4. The first-order valence-corrected chi connectivity index (χ1v) is 11.5. The second-order valence-corrected chi connectivity index (χ2v) is 8.02. The molecule has 5 nitrogen and oxygen atoms in total. The van der Waals surface area contributed by atoms with E-state index in [1.807, 2.05) is 55.5 Å². The third-order valence-corrected chi connectivity index (χ3v) is 5.72. The Hall–Kier alpha value is -2.89. The molecule has 0 bridgehead atoms. The zero-order valence-electron chi connectivity index (χ0n) is 19.5. The molecule has 0 saturated carbocycles. The van der Waals surface area contributed by atoms with Crippen LogP contribution in [0.3, 0.4) is 0 Å². The molecule has 3 rings (SSSR count). The fourth-order valence-corrected chi connectivity index (χ4v) is 3.79. The predicted octanol–water partition coefficient (Wildman–Crippen LogP) is 4.99. The lowest BCUT2D eigenvalue weighted by atomic mass is 10.0. The Balaban J connectivity index is 1.62. The second kappa shape index (κ2) is 12.2. The average molecular weight is 434 g/mol. The second-order valence-electron chi connectivity index (χ2n) is 8.02. The Morgan fingerprint density at radius 1 is 0.969 bits per heavy atom. The first kappa shape index (κ1) is 23.8. The minimum atomic E-state index is -0.167. The van der Waals surface area contributed by atoms with E-state index < -0.39 is 0 Å². The van der Waals surface area contributed by atoms with Gasteiger partial charge in [-0.2, -0.15) is 0 Å². The van der Waals surface area contributed by atoms with Crippen LogP contribution < -0.4 is 15.4 Å². The fraction of sp³-hybridized carbons (Fsp3) is 0.370. The third-order valence-electron chi connectivity index (χ3n) is 5.72. The number of nitrogens with one attached hydrogen (secondary N) is 2. The summed E-state index contributed by atoms with van der Waals surface area (Å²) in [5.74, 6) is 0.583. The van der Waals surface area contributed by atoms with Crippen LogP contribution in [0.5, 0.6) is 5.75 Å². The van der Waals surface area contributed by atoms with Gasteiger partial charge in [-0.05, 0) is 68.5 Å². The first-order chi connectivity index (χ1) is 15.6. The maximum Gasteiger partial charge on any atom is 0.262 e. The standard InChI is InChI=1S/C27H35N3O2/c1-4-30(5-2)18-8-17-28-19-25-24-10-7-6-9-22(24)13-16-26(25)32-20-27(31)29-23-14-11-21(3)12-15-23/h6-7,9-16,28H,4-5,8,17-20H2,1-3H3,(H,29,31). The van der Waals surface area contributed by atoms with E-state index in [1.54, 1.807) is 0 Å². The molecule has 170 valence electrons. The van der Waals surface area contributed by atoms with Crippen LogP contribution in [0, 0.1) is 6.92 Å². The molecule has 2 N–H and O–H groups in total. The van der Waals surface area contributed by atoms with E-state index in [0.717, 1.165) is 60.5 Å². The van der Waals surface area contributed by atoms with E-state index in [2.05, 4.69) is 41.5 Å². The van der Waals surface area contributed by atoms with Gasteiger partial charge >= 0.3 is 0 Å². The molecule has 0 atom stereocenters. The average Bonchev–Trinajstić information content (AvgIpc) is 2.82. The van der Waals surface area contributed by atoms with Gasteiger partial charge in [0, 0.05) is 17.8 Å². The highest BCUT2D eigenvalue weighted by Gasteiger charge is 2.11. The molecule has 0 radical (unpaired) electrons. The third kappa shape index (κ3) is 6.81. The van der Waals surface area contributed by atoms with Crippen molar-refractivity contribution in [3.8, 4) is 5.75 Å². The number of ether oxygens (including phenoxy) is 1. The molecule has 3 aromatic rings. The number of hydrogen-bond acceptors (Lipinski definition) is 4. The minimum absolute atomic E-state index is 0.0266. The lowest BCUT2D eigenvalue weighted by molar-refractivity contribution is -0.118. The van der Waals surface area contributed by atoms with E-state index in [-0.39, 0.29) is 12.5 Å². The molecule has 5 heteroatoms. The quantitative estimate of drug-likeness (QED) is 0.395. The van der Waals surface area contributed by atoms with Crippen LogP contribution >= 0.6 is 0 Å². The predicted molar refractivity (Wildman–Crippen MR) is 133 cm³/mol.